The SMILES string of the molecule is CCN(CC(=O)Nc1ccc(NC(C)=O)cc1)C(=O)COC(=O)C1CC1. The number of hydrogen-bond donors (Lipinski definition) is 2. The number of likely N-dealkylation sites (N-methyl/N-ethyl adjacent to an activating group) is 1. The van der Waals surface area contributed by atoms with Crippen LogP contribution < -0.4 is 10.6 Å². The average molecular weight is 361 g/mol. The fraction of sp³-hybridized carbons (Fsp3) is 0.444. The van der Waals surface area contributed by atoms with Crippen molar-refractivity contribution < 1.29 is 23.9 Å². The van der Waals surface area contributed by atoms with Crippen LogP contribution in [0.1, 0.15) is 26.7 Å². The van der Waals surface area contributed by atoms with Gasteiger partial charge in [0.1, 0.15) is 0 Å². The highest BCUT2D eigenvalue weighted by Crippen LogP contribution is 2.29. The van der Waals surface area contributed by atoms with Gasteiger partial charge in [0, 0.05) is 24.8 Å². The van der Waals surface area contributed by atoms with Crippen molar-refractivity contribution in [1.82, 2.24) is 4.90 Å². The zero-order valence-corrected chi connectivity index (χ0v) is 14.9. The number of carbonyl (C=O) groups excluding carboxylic acids is 4. The molecule has 0 aliphatic heterocycles. The predicted molar refractivity (Wildman–Crippen MR) is 95.3 cm³/mol. The van der Waals surface area contributed by atoms with Crippen LogP contribution >= 0.6 is 0 Å². The highest BCUT2D eigenvalue weighted by atomic mass is 16.5. The molecule has 140 valence electrons. The quantitative estimate of drug-likeness (QED) is 0.681. The summed E-state index contributed by atoms with van der Waals surface area (Å²) in [7, 11) is 0. The van der Waals surface area contributed by atoms with Gasteiger partial charge in [0.15, 0.2) is 6.61 Å². The van der Waals surface area contributed by atoms with E-state index in [1.165, 1.54) is 11.8 Å². The third-order valence-corrected chi connectivity index (χ3v) is 3.81. The van der Waals surface area contributed by atoms with Crippen molar-refractivity contribution in [1.29, 1.82) is 0 Å². The minimum Gasteiger partial charge on any atom is -0.455 e. The molecule has 2 N–H and O–H groups in total. The first kappa shape index (κ1) is 19.4. The summed E-state index contributed by atoms with van der Waals surface area (Å²) in [5.41, 5.74) is 1.17. The minimum atomic E-state index is -0.405. The Morgan fingerprint density at radius 1 is 1.08 bits per heavy atom. The van der Waals surface area contributed by atoms with Gasteiger partial charge in [-0.15, -0.1) is 0 Å². The van der Waals surface area contributed by atoms with E-state index in [2.05, 4.69) is 10.6 Å². The Labute approximate surface area is 151 Å². The molecule has 0 saturated heterocycles. The molecule has 3 amide bonds. The second-order valence-corrected chi connectivity index (χ2v) is 6.10. The Balaban J connectivity index is 1.80. The van der Waals surface area contributed by atoms with Gasteiger partial charge in [-0.25, -0.2) is 0 Å². The number of esters is 1. The third-order valence-electron chi connectivity index (χ3n) is 3.81. The monoisotopic (exact) mass is 361 g/mol. The summed E-state index contributed by atoms with van der Waals surface area (Å²) in [5, 5.41) is 5.31. The van der Waals surface area contributed by atoms with Gasteiger partial charge in [-0.05, 0) is 44.0 Å². The smallest absolute Gasteiger partial charge is 0.309 e. The molecule has 1 aliphatic rings. The molecule has 2 rings (SSSR count). The van der Waals surface area contributed by atoms with Gasteiger partial charge in [0.2, 0.25) is 11.8 Å². The third kappa shape index (κ3) is 6.19. The molecule has 0 aromatic heterocycles. The largest absolute Gasteiger partial charge is 0.455 e. The highest BCUT2D eigenvalue weighted by Gasteiger charge is 2.32. The summed E-state index contributed by atoms with van der Waals surface area (Å²) in [5.74, 6) is -1.36. The van der Waals surface area contributed by atoms with Crippen molar-refractivity contribution in [2.75, 3.05) is 30.3 Å². The van der Waals surface area contributed by atoms with Crippen LogP contribution in [0.2, 0.25) is 0 Å². The van der Waals surface area contributed by atoms with Crippen molar-refractivity contribution in [3.8, 4) is 0 Å². The number of anilines is 2. The predicted octanol–water partition coefficient (Wildman–Crippen LogP) is 1.39. The van der Waals surface area contributed by atoms with Crippen molar-refractivity contribution >= 4 is 35.1 Å². The van der Waals surface area contributed by atoms with E-state index in [1.807, 2.05) is 0 Å². The average Bonchev–Trinajstić information content (AvgIpc) is 3.43. The molecule has 1 aromatic carbocycles. The summed E-state index contributed by atoms with van der Waals surface area (Å²) in [6, 6.07) is 6.63. The van der Waals surface area contributed by atoms with Crippen LogP contribution in [-0.4, -0.2) is 48.3 Å². The summed E-state index contributed by atoms with van der Waals surface area (Å²) >= 11 is 0. The molecular weight excluding hydrogens is 338 g/mol. The van der Waals surface area contributed by atoms with Crippen LogP contribution in [0.5, 0.6) is 0 Å². The number of amides is 3. The van der Waals surface area contributed by atoms with Crippen molar-refractivity contribution in [2.45, 2.75) is 26.7 Å². The molecule has 26 heavy (non-hydrogen) atoms. The van der Waals surface area contributed by atoms with Gasteiger partial charge in [-0.3, -0.25) is 19.2 Å². The molecule has 1 saturated carbocycles. The zero-order valence-electron chi connectivity index (χ0n) is 14.9. The minimum absolute atomic E-state index is 0.0679. The van der Waals surface area contributed by atoms with Crippen molar-refractivity contribution in [2.24, 2.45) is 5.92 Å². The highest BCUT2D eigenvalue weighted by molar-refractivity contribution is 5.95. The molecule has 1 aromatic rings. The Morgan fingerprint density at radius 2 is 1.65 bits per heavy atom. The molecular formula is C18H23N3O5. The summed E-state index contributed by atoms with van der Waals surface area (Å²) < 4.78 is 4.96. The van der Waals surface area contributed by atoms with E-state index < -0.39 is 5.91 Å². The maximum Gasteiger partial charge on any atom is 0.309 e. The number of ether oxygens (including phenoxy) is 1. The zero-order chi connectivity index (χ0) is 19.1. The molecule has 1 aliphatic carbocycles. The lowest BCUT2D eigenvalue weighted by molar-refractivity contribution is -0.153. The standard InChI is InChI=1S/C18H23N3O5/c1-3-21(17(24)11-26-18(25)13-4-5-13)10-16(23)20-15-8-6-14(7-9-15)19-12(2)22/h6-9,13H,3-5,10-11H2,1-2H3,(H,19,22)(H,20,23). The van der Waals surface area contributed by atoms with Gasteiger partial charge in [-0.1, -0.05) is 0 Å². The van der Waals surface area contributed by atoms with Crippen LogP contribution in [0.15, 0.2) is 24.3 Å². The second-order valence-electron chi connectivity index (χ2n) is 6.10. The molecule has 0 spiro atoms. The first-order valence-electron chi connectivity index (χ1n) is 8.51. The number of benzene rings is 1. The van der Waals surface area contributed by atoms with Crippen LogP contribution in [0.4, 0.5) is 11.4 Å². The molecule has 0 atom stereocenters. The molecule has 0 unspecified atom stereocenters. The molecule has 0 bridgehead atoms. The number of hydrogen-bond acceptors (Lipinski definition) is 5. The van der Waals surface area contributed by atoms with E-state index in [0.717, 1.165) is 12.8 Å². The number of carbonyl (C=O) groups is 4. The van der Waals surface area contributed by atoms with E-state index in [9.17, 15) is 19.2 Å². The first-order valence-corrected chi connectivity index (χ1v) is 8.51. The van der Waals surface area contributed by atoms with E-state index in [1.54, 1.807) is 31.2 Å². The van der Waals surface area contributed by atoms with Crippen LogP contribution in [-0.2, 0) is 23.9 Å². The maximum atomic E-state index is 12.1. The van der Waals surface area contributed by atoms with Crippen LogP contribution in [0, 0.1) is 5.92 Å². The Bertz CT molecular complexity index is 683. The molecule has 0 heterocycles. The van der Waals surface area contributed by atoms with Gasteiger partial charge in [0.05, 0.1) is 12.5 Å². The van der Waals surface area contributed by atoms with Crippen molar-refractivity contribution in [3.63, 3.8) is 0 Å². The summed E-state index contributed by atoms with van der Waals surface area (Å²) in [4.78, 5) is 48.0. The number of rotatable bonds is 8. The first-order chi connectivity index (χ1) is 12.4. The number of nitrogens with one attached hydrogen (secondary N) is 2. The second kappa shape index (κ2) is 8.98. The van der Waals surface area contributed by atoms with Gasteiger partial charge < -0.3 is 20.3 Å². The molecule has 8 nitrogen and oxygen atoms in total. The molecule has 0 radical (unpaired) electrons. The maximum absolute atomic E-state index is 12.1. The lowest BCUT2D eigenvalue weighted by atomic mass is 10.2. The summed E-state index contributed by atoms with van der Waals surface area (Å²) in [6.45, 7) is 3.00. The van der Waals surface area contributed by atoms with Gasteiger partial charge >= 0.3 is 5.97 Å². The Hall–Kier alpha value is -2.90. The van der Waals surface area contributed by atoms with E-state index in [4.69, 9.17) is 4.74 Å². The molecule has 8 heteroatoms. The Kier molecular flexibility index (Phi) is 6.71. The Morgan fingerprint density at radius 3 is 2.15 bits per heavy atom. The van der Waals surface area contributed by atoms with Gasteiger partial charge in [-0.2, -0.15) is 0 Å². The summed E-state index contributed by atoms with van der Waals surface area (Å²) in [6.07, 6.45) is 1.63. The number of nitrogens with zero attached hydrogens (tertiary/aromatic N) is 1. The lowest BCUT2D eigenvalue weighted by Crippen LogP contribution is -2.40. The fourth-order valence-electron chi connectivity index (χ4n) is 2.25. The molecule has 1 fully saturated rings. The van der Waals surface area contributed by atoms with E-state index >= 15 is 0 Å². The normalized spacial score (nSPS) is 12.8. The van der Waals surface area contributed by atoms with E-state index in [0.29, 0.717) is 17.9 Å². The fourth-order valence-corrected chi connectivity index (χ4v) is 2.25. The van der Waals surface area contributed by atoms with E-state index in [-0.39, 0.29) is 36.9 Å². The van der Waals surface area contributed by atoms with Crippen LogP contribution in [0.3, 0.4) is 0 Å². The van der Waals surface area contributed by atoms with Crippen molar-refractivity contribution in [3.05, 3.63) is 24.3 Å². The van der Waals surface area contributed by atoms with Gasteiger partial charge in [0.25, 0.3) is 5.91 Å². The van der Waals surface area contributed by atoms with Crippen LogP contribution in [0.25, 0.3) is 0 Å². The topological polar surface area (TPSA) is 105 Å². The lowest BCUT2D eigenvalue weighted by Gasteiger charge is -2.20.